The highest BCUT2D eigenvalue weighted by atomic mass is 16.3. The van der Waals surface area contributed by atoms with Gasteiger partial charge in [0.05, 0.1) is 5.69 Å². The van der Waals surface area contributed by atoms with Gasteiger partial charge < -0.3 is 9.32 Å². The van der Waals surface area contributed by atoms with Gasteiger partial charge in [-0.05, 0) is 123 Å². The Hall–Kier alpha value is -6.68. The molecule has 0 bridgehead atoms. The van der Waals surface area contributed by atoms with E-state index in [1.807, 2.05) is 12.1 Å². The zero-order valence-electron chi connectivity index (χ0n) is 32.5. The van der Waals surface area contributed by atoms with Crippen molar-refractivity contribution in [1.82, 2.24) is 4.90 Å². The minimum Gasteiger partial charge on any atom is -0.456 e. The lowest BCUT2D eigenvalue weighted by atomic mass is 9.81. The monoisotopic (exact) mass is 734 g/mol. The smallest absolute Gasteiger partial charge is 0.136 e. The summed E-state index contributed by atoms with van der Waals surface area (Å²) >= 11 is 0. The van der Waals surface area contributed by atoms with E-state index in [-0.39, 0.29) is 5.41 Å². The molecule has 1 aromatic heterocycles. The minimum absolute atomic E-state index is 0.162. The molecule has 0 fully saturated rings. The second-order valence-corrected chi connectivity index (χ2v) is 16.3. The molecule has 9 aromatic rings. The third-order valence-corrected chi connectivity index (χ3v) is 12.4. The summed E-state index contributed by atoms with van der Waals surface area (Å²) < 4.78 is 6.36. The van der Waals surface area contributed by atoms with Crippen LogP contribution in [0.25, 0.3) is 66.4 Å². The van der Waals surface area contributed by atoms with Crippen molar-refractivity contribution in [3.05, 3.63) is 198 Å². The predicted octanol–water partition coefficient (Wildman–Crippen LogP) is 14.3. The topological polar surface area (TPSA) is 19.6 Å². The fourth-order valence-electron chi connectivity index (χ4n) is 9.57. The average Bonchev–Trinajstić information content (AvgIpc) is 3.89. The lowest BCUT2D eigenvalue weighted by Gasteiger charge is -2.31. The molecule has 2 heterocycles. The van der Waals surface area contributed by atoms with Gasteiger partial charge in [0.2, 0.25) is 0 Å². The van der Waals surface area contributed by atoms with Crippen LogP contribution in [0.3, 0.4) is 0 Å². The van der Waals surface area contributed by atoms with E-state index in [0.29, 0.717) is 0 Å². The van der Waals surface area contributed by atoms with Crippen molar-refractivity contribution in [3.63, 3.8) is 0 Å². The summed E-state index contributed by atoms with van der Waals surface area (Å²) in [5.74, 6) is 0. The van der Waals surface area contributed by atoms with Crippen LogP contribution >= 0.6 is 0 Å². The van der Waals surface area contributed by atoms with Gasteiger partial charge in [0.15, 0.2) is 0 Å². The number of hydrogen-bond acceptors (Lipinski definition) is 3. The van der Waals surface area contributed by atoms with Crippen molar-refractivity contribution in [2.45, 2.75) is 32.4 Å². The normalized spacial score (nSPS) is 14.2. The zero-order valence-corrected chi connectivity index (χ0v) is 32.5. The first kappa shape index (κ1) is 33.6. The van der Waals surface area contributed by atoms with Crippen LogP contribution in [0, 0.1) is 0 Å². The van der Waals surface area contributed by atoms with Gasteiger partial charge in [0.1, 0.15) is 11.2 Å². The van der Waals surface area contributed by atoms with Crippen molar-refractivity contribution < 1.29 is 4.42 Å². The lowest BCUT2D eigenvalue weighted by Crippen LogP contribution is -2.17. The molecule has 0 saturated heterocycles. The average molecular weight is 735 g/mol. The number of hydrogen-bond donors (Lipinski definition) is 0. The number of para-hydroxylation sites is 1. The second-order valence-electron chi connectivity index (χ2n) is 16.3. The summed E-state index contributed by atoms with van der Waals surface area (Å²) in [7, 11) is 2.22. The number of furan rings is 1. The van der Waals surface area contributed by atoms with E-state index < -0.39 is 0 Å². The molecule has 1 aliphatic heterocycles. The van der Waals surface area contributed by atoms with Gasteiger partial charge in [0.25, 0.3) is 0 Å². The van der Waals surface area contributed by atoms with Crippen LogP contribution in [0.5, 0.6) is 0 Å². The van der Waals surface area contributed by atoms with Crippen molar-refractivity contribution >= 4 is 39.0 Å². The molecule has 57 heavy (non-hydrogen) atoms. The Morgan fingerprint density at radius 3 is 2.04 bits per heavy atom. The molecule has 0 radical (unpaired) electrons. The van der Waals surface area contributed by atoms with E-state index in [1.165, 1.54) is 61.3 Å². The first-order valence-electron chi connectivity index (χ1n) is 20.0. The molecular weight excluding hydrogens is 693 g/mol. The highest BCUT2D eigenvalue weighted by Gasteiger charge is 2.37. The van der Waals surface area contributed by atoms with E-state index in [9.17, 15) is 0 Å². The van der Waals surface area contributed by atoms with Gasteiger partial charge in [-0.25, -0.2) is 0 Å². The fourth-order valence-corrected chi connectivity index (χ4v) is 9.57. The summed E-state index contributed by atoms with van der Waals surface area (Å²) in [5.41, 5.74) is 20.5. The van der Waals surface area contributed by atoms with Crippen LogP contribution in [-0.2, 0) is 18.5 Å². The Bertz CT molecular complexity index is 3010. The quantitative estimate of drug-likeness (QED) is 0.170. The first-order valence-corrected chi connectivity index (χ1v) is 20.0. The van der Waals surface area contributed by atoms with E-state index in [0.717, 1.165) is 57.5 Å². The van der Waals surface area contributed by atoms with Gasteiger partial charge in [-0.1, -0.05) is 135 Å². The molecule has 0 amide bonds. The Morgan fingerprint density at radius 1 is 0.474 bits per heavy atom. The highest BCUT2D eigenvalue weighted by molar-refractivity contribution is 6.06. The minimum atomic E-state index is -0.162. The van der Waals surface area contributed by atoms with E-state index in [1.54, 1.807) is 0 Å². The van der Waals surface area contributed by atoms with Crippen LogP contribution in [-0.4, -0.2) is 11.9 Å². The lowest BCUT2D eigenvalue weighted by molar-refractivity contribution is 0.353. The van der Waals surface area contributed by atoms with E-state index in [2.05, 4.69) is 194 Å². The summed E-state index contributed by atoms with van der Waals surface area (Å²) in [6, 6.07) is 64.5. The highest BCUT2D eigenvalue weighted by Crippen LogP contribution is 2.54. The SMILES string of the molecule is CN1Cc2cccc(-c3cc4c(cc3N(c3ccc(-c5ccccc5)cc3)c3cccc(-c5ccc6c(c5)oc5ccccc56)c3)C(C)(C)c3ccccc3-4)c2C1. The number of fused-ring (bicyclic) bond motifs is 7. The van der Waals surface area contributed by atoms with Crippen molar-refractivity contribution in [2.24, 2.45) is 0 Å². The predicted molar refractivity (Wildman–Crippen MR) is 237 cm³/mol. The van der Waals surface area contributed by atoms with Gasteiger partial charge in [0, 0.05) is 46.2 Å². The summed E-state index contributed by atoms with van der Waals surface area (Å²) in [6.07, 6.45) is 0. The molecule has 11 rings (SSSR count). The first-order chi connectivity index (χ1) is 27.9. The molecule has 8 aromatic carbocycles. The number of rotatable bonds is 6. The Kier molecular flexibility index (Phi) is 7.64. The molecule has 0 atom stereocenters. The molecule has 2 aliphatic rings. The molecule has 0 spiro atoms. The summed E-state index contributed by atoms with van der Waals surface area (Å²) in [6.45, 7) is 6.64. The second kappa shape index (κ2) is 12.9. The maximum atomic E-state index is 6.36. The number of benzene rings is 8. The molecule has 274 valence electrons. The van der Waals surface area contributed by atoms with E-state index >= 15 is 0 Å². The third kappa shape index (κ3) is 5.45. The van der Waals surface area contributed by atoms with E-state index in [4.69, 9.17) is 4.42 Å². The number of anilines is 3. The molecule has 3 nitrogen and oxygen atoms in total. The van der Waals surface area contributed by atoms with Crippen LogP contribution in [0.1, 0.15) is 36.1 Å². The number of nitrogens with zero attached hydrogens (tertiary/aromatic N) is 2. The van der Waals surface area contributed by atoms with Crippen LogP contribution < -0.4 is 4.90 Å². The fraction of sp³-hybridized carbons (Fsp3) is 0.111. The Morgan fingerprint density at radius 2 is 1.16 bits per heavy atom. The maximum absolute atomic E-state index is 6.36. The zero-order chi connectivity index (χ0) is 38.3. The van der Waals surface area contributed by atoms with Crippen molar-refractivity contribution in [1.29, 1.82) is 0 Å². The molecule has 3 heteroatoms. The molecule has 0 N–H and O–H groups in total. The Balaban J connectivity index is 1.15. The van der Waals surface area contributed by atoms with Gasteiger partial charge in [-0.3, -0.25) is 4.90 Å². The standard InChI is InChI=1S/C54H42N2O/c1-54(2)49-21-9-7-18-43(49)46-31-47(42-20-12-16-39-33-55(3)34-48(39)42)51(32-50(46)54)56(40-26-23-36(24-27-40)35-13-5-4-6-14-35)41-17-11-15-37(29-41)38-25-28-45-44-19-8-10-22-52(44)57-53(45)30-38/h4-32H,33-34H2,1-3H3. The molecule has 0 unspecified atom stereocenters. The summed E-state index contributed by atoms with van der Waals surface area (Å²) in [5, 5.41) is 2.28. The molecular formula is C54H42N2O. The van der Waals surface area contributed by atoms with Crippen LogP contribution in [0.4, 0.5) is 17.1 Å². The van der Waals surface area contributed by atoms with Crippen molar-refractivity contribution in [2.75, 3.05) is 11.9 Å². The molecule has 1 aliphatic carbocycles. The molecule has 0 saturated carbocycles. The third-order valence-electron chi connectivity index (χ3n) is 12.4. The van der Waals surface area contributed by atoms with Gasteiger partial charge in [-0.2, -0.15) is 0 Å². The van der Waals surface area contributed by atoms with Crippen molar-refractivity contribution in [3.8, 4) is 44.5 Å². The van der Waals surface area contributed by atoms with Gasteiger partial charge in [-0.15, -0.1) is 0 Å². The summed E-state index contributed by atoms with van der Waals surface area (Å²) in [4.78, 5) is 4.91. The van der Waals surface area contributed by atoms with Gasteiger partial charge >= 0.3 is 0 Å². The van der Waals surface area contributed by atoms with Crippen LogP contribution in [0.2, 0.25) is 0 Å². The largest absolute Gasteiger partial charge is 0.456 e. The maximum Gasteiger partial charge on any atom is 0.136 e. The Labute approximate surface area is 334 Å². The van der Waals surface area contributed by atoms with Crippen LogP contribution in [0.15, 0.2) is 180 Å².